The van der Waals surface area contributed by atoms with Crippen molar-refractivity contribution < 1.29 is 14.6 Å². The molecule has 0 atom stereocenters. The lowest BCUT2D eigenvalue weighted by molar-refractivity contribution is -0.297. The fourth-order valence-corrected chi connectivity index (χ4v) is 2.41. The average Bonchev–Trinajstić information content (AvgIpc) is 3.01. The van der Waals surface area contributed by atoms with E-state index in [-0.39, 0.29) is 11.5 Å². The highest BCUT2D eigenvalue weighted by atomic mass is 32.2. The molecule has 1 heterocycles. The predicted octanol–water partition coefficient (Wildman–Crippen LogP) is 1.15. The molecule has 0 spiro atoms. The van der Waals surface area contributed by atoms with E-state index in [1.54, 1.807) is 24.3 Å². The molecule has 0 aliphatic rings. The van der Waals surface area contributed by atoms with Gasteiger partial charge in [0, 0.05) is 16.9 Å². The Bertz CT molecular complexity index is 764. The average molecular weight is 329 g/mol. The van der Waals surface area contributed by atoms with Crippen LogP contribution < -0.4 is 9.84 Å². The highest BCUT2D eigenvalue weighted by Crippen LogP contribution is 2.28. The number of carbonyl (C=O) groups is 1. The first-order chi connectivity index (χ1) is 11.1. The van der Waals surface area contributed by atoms with Gasteiger partial charge in [-0.15, -0.1) is 5.10 Å². The van der Waals surface area contributed by atoms with E-state index in [9.17, 15) is 9.90 Å². The lowest BCUT2D eigenvalue weighted by Crippen LogP contribution is -2.23. The summed E-state index contributed by atoms with van der Waals surface area (Å²) in [7, 11) is 0. The number of carbonyl (C=O) groups excluding carboxylic acids is 1. The Labute approximate surface area is 137 Å². The predicted molar refractivity (Wildman–Crippen MR) is 82.2 cm³/mol. The Hall–Kier alpha value is -2.79. The smallest absolute Gasteiger partial charge is 0.213 e. The maximum Gasteiger partial charge on any atom is 0.213 e. The van der Waals surface area contributed by atoms with Crippen molar-refractivity contribution in [2.45, 2.75) is 18.5 Å². The van der Waals surface area contributed by atoms with Crippen LogP contribution in [0.4, 0.5) is 0 Å². The molecule has 0 saturated heterocycles. The van der Waals surface area contributed by atoms with Crippen molar-refractivity contribution in [2.24, 2.45) is 0 Å². The van der Waals surface area contributed by atoms with Crippen molar-refractivity contribution in [1.29, 1.82) is 5.26 Å². The molecule has 2 aromatic rings. The van der Waals surface area contributed by atoms with Gasteiger partial charge in [0.15, 0.2) is 6.61 Å². The summed E-state index contributed by atoms with van der Waals surface area (Å²) in [6, 6.07) is 8.68. The molecule has 2 rings (SSSR count). The Morgan fingerprint density at radius 1 is 1.52 bits per heavy atom. The third kappa shape index (κ3) is 4.59. The zero-order chi connectivity index (χ0) is 16.7. The Kier molecular flexibility index (Phi) is 5.77. The Morgan fingerprint density at radius 3 is 2.96 bits per heavy atom. The van der Waals surface area contributed by atoms with Crippen LogP contribution in [0.2, 0.25) is 0 Å². The van der Waals surface area contributed by atoms with Crippen LogP contribution in [0.5, 0.6) is 5.75 Å². The van der Waals surface area contributed by atoms with Crippen molar-refractivity contribution in [3.63, 3.8) is 0 Å². The van der Waals surface area contributed by atoms with Crippen molar-refractivity contribution in [2.75, 3.05) is 6.61 Å². The number of ether oxygens (including phenoxy) is 1. The molecule has 1 aromatic heterocycles. The van der Waals surface area contributed by atoms with E-state index in [2.05, 4.69) is 15.2 Å². The number of H-pyrrole nitrogens is 1. The highest BCUT2D eigenvalue weighted by Gasteiger charge is 2.09. The van der Waals surface area contributed by atoms with Crippen LogP contribution in [-0.2, 0) is 11.2 Å². The zero-order valence-corrected chi connectivity index (χ0v) is 13.1. The van der Waals surface area contributed by atoms with E-state index < -0.39 is 5.97 Å². The fraction of sp³-hybridized carbons (Fsp3) is 0.200. The van der Waals surface area contributed by atoms with Gasteiger partial charge in [-0.3, -0.25) is 5.10 Å². The number of benzene rings is 1. The van der Waals surface area contributed by atoms with Crippen LogP contribution in [-0.4, -0.2) is 27.8 Å². The lowest BCUT2D eigenvalue weighted by Gasteiger charge is -2.09. The van der Waals surface area contributed by atoms with Gasteiger partial charge in [0.05, 0.1) is 5.97 Å². The molecule has 0 amide bonds. The quantitative estimate of drug-likeness (QED) is 0.598. The van der Waals surface area contributed by atoms with Crippen LogP contribution in [0.15, 0.2) is 34.3 Å². The number of hydrogen-bond donors (Lipinski definition) is 1. The van der Waals surface area contributed by atoms with E-state index in [4.69, 9.17) is 10.00 Å². The molecule has 118 valence electrons. The summed E-state index contributed by atoms with van der Waals surface area (Å²) in [4.78, 5) is 15.4. The number of nitrogens with zero attached hydrogens (tertiary/aromatic N) is 3. The third-order valence-corrected chi connectivity index (χ3v) is 3.62. The largest absolute Gasteiger partial charge is 0.544 e. The standard InChI is InChI=1S/C15H14N4O3S/c1-2-13-17-15(19-18-13)23-12(14(20)21)9-10-5-3-4-6-11(10)22-8-7-16/h3-6,9H,2,8H2,1H3,(H,20,21)(H,17,18,19)/p-1/b12-9-. The Morgan fingerprint density at radius 2 is 2.30 bits per heavy atom. The number of aromatic amines is 1. The minimum absolute atomic E-state index is 0.0559. The molecule has 23 heavy (non-hydrogen) atoms. The molecule has 0 bridgehead atoms. The molecule has 0 aliphatic carbocycles. The number of para-hydroxylation sites is 1. The summed E-state index contributed by atoms with van der Waals surface area (Å²) in [6.07, 6.45) is 2.08. The first-order valence-electron chi connectivity index (χ1n) is 6.75. The minimum Gasteiger partial charge on any atom is -0.544 e. The third-order valence-electron chi connectivity index (χ3n) is 2.75. The molecule has 1 N–H and O–H groups in total. The molecule has 0 unspecified atom stereocenters. The lowest BCUT2D eigenvalue weighted by atomic mass is 10.2. The van der Waals surface area contributed by atoms with Crippen LogP contribution in [0.25, 0.3) is 6.08 Å². The van der Waals surface area contributed by atoms with Gasteiger partial charge in [-0.2, -0.15) is 5.26 Å². The summed E-state index contributed by atoms with van der Waals surface area (Å²) in [5.74, 6) is -0.256. The van der Waals surface area contributed by atoms with Crippen LogP contribution >= 0.6 is 11.8 Å². The summed E-state index contributed by atoms with van der Waals surface area (Å²) >= 11 is 0.885. The van der Waals surface area contributed by atoms with E-state index in [1.807, 2.05) is 13.0 Å². The van der Waals surface area contributed by atoms with E-state index >= 15 is 0 Å². The molecule has 8 heteroatoms. The van der Waals surface area contributed by atoms with Gasteiger partial charge < -0.3 is 14.6 Å². The second kappa shape index (κ2) is 8.00. The summed E-state index contributed by atoms with van der Waals surface area (Å²) in [5, 5.41) is 26.9. The second-order valence-electron chi connectivity index (χ2n) is 4.30. The normalized spacial score (nSPS) is 11.0. The first-order valence-corrected chi connectivity index (χ1v) is 7.56. The van der Waals surface area contributed by atoms with Gasteiger partial charge in [-0.25, -0.2) is 4.98 Å². The number of aromatic nitrogens is 3. The SMILES string of the molecule is CCc1nc(S/C(=C\c2ccccc2OCC#N)C(=O)[O-])n[nH]1. The molecule has 0 aliphatic heterocycles. The number of carboxylic acid groups (broad SMARTS) is 1. The molecule has 7 nitrogen and oxygen atoms in total. The van der Waals surface area contributed by atoms with E-state index in [1.165, 1.54) is 6.08 Å². The van der Waals surface area contributed by atoms with Gasteiger partial charge in [0.1, 0.15) is 17.6 Å². The number of nitriles is 1. The molecular formula is C15H13N4O3S-. The fourth-order valence-electron chi connectivity index (χ4n) is 1.69. The monoisotopic (exact) mass is 329 g/mol. The number of aryl methyl sites for hydroxylation is 1. The van der Waals surface area contributed by atoms with Gasteiger partial charge in [0.25, 0.3) is 0 Å². The molecular weight excluding hydrogens is 316 g/mol. The van der Waals surface area contributed by atoms with E-state index in [0.717, 1.165) is 11.8 Å². The van der Waals surface area contributed by atoms with Crippen LogP contribution in [0.1, 0.15) is 18.3 Å². The van der Waals surface area contributed by atoms with Gasteiger partial charge in [-0.05, 0) is 23.9 Å². The van der Waals surface area contributed by atoms with Crippen molar-refractivity contribution >= 4 is 23.8 Å². The summed E-state index contributed by atoms with van der Waals surface area (Å²) in [6.45, 7) is 1.78. The van der Waals surface area contributed by atoms with Crippen LogP contribution in [0, 0.1) is 11.3 Å². The molecule has 1 aromatic carbocycles. The van der Waals surface area contributed by atoms with Crippen LogP contribution in [0.3, 0.4) is 0 Å². The van der Waals surface area contributed by atoms with Crippen molar-refractivity contribution in [3.8, 4) is 11.8 Å². The minimum atomic E-state index is -1.34. The second-order valence-corrected chi connectivity index (χ2v) is 5.31. The Balaban J connectivity index is 2.28. The highest BCUT2D eigenvalue weighted by molar-refractivity contribution is 8.04. The topological polar surface area (TPSA) is 115 Å². The first kappa shape index (κ1) is 16.6. The van der Waals surface area contributed by atoms with Crippen molar-refractivity contribution in [3.05, 3.63) is 40.6 Å². The zero-order valence-electron chi connectivity index (χ0n) is 12.3. The molecule has 0 fully saturated rings. The van der Waals surface area contributed by atoms with Gasteiger partial charge in [-0.1, -0.05) is 25.1 Å². The number of carboxylic acids is 1. The number of thioether (sulfide) groups is 1. The number of hydrogen-bond acceptors (Lipinski definition) is 7. The van der Waals surface area contributed by atoms with Crippen molar-refractivity contribution in [1.82, 2.24) is 15.2 Å². The number of rotatable bonds is 7. The van der Waals surface area contributed by atoms with Gasteiger partial charge >= 0.3 is 0 Å². The van der Waals surface area contributed by atoms with Gasteiger partial charge in [0.2, 0.25) is 5.16 Å². The maximum atomic E-state index is 11.4. The number of nitrogens with one attached hydrogen (secondary N) is 1. The molecule has 0 saturated carbocycles. The molecule has 0 radical (unpaired) electrons. The summed E-state index contributed by atoms with van der Waals surface area (Å²) in [5.41, 5.74) is 0.528. The summed E-state index contributed by atoms with van der Waals surface area (Å²) < 4.78 is 5.27. The maximum absolute atomic E-state index is 11.4. The number of aliphatic carboxylic acids is 1. The van der Waals surface area contributed by atoms with E-state index in [0.29, 0.717) is 28.7 Å².